The molecule has 0 aromatic carbocycles. The first-order chi connectivity index (χ1) is 12.6. The van der Waals surface area contributed by atoms with Crippen LogP contribution in [0.5, 0.6) is 0 Å². The van der Waals surface area contributed by atoms with Crippen molar-refractivity contribution in [2.75, 3.05) is 13.1 Å². The van der Waals surface area contributed by atoms with Gasteiger partial charge in [0.25, 0.3) is 10.2 Å². The second-order valence-electron chi connectivity index (χ2n) is 7.23. The predicted octanol–water partition coefficient (Wildman–Crippen LogP) is 5.86. The van der Waals surface area contributed by atoms with Gasteiger partial charge in [0.05, 0.1) is 0 Å². The summed E-state index contributed by atoms with van der Waals surface area (Å²) in [7, 11) is -3.27. The van der Waals surface area contributed by atoms with Crippen LogP contribution < -0.4 is 9.44 Å². The van der Waals surface area contributed by atoms with Gasteiger partial charge in [0, 0.05) is 13.1 Å². The van der Waals surface area contributed by atoms with E-state index in [-0.39, 0.29) is 0 Å². The fourth-order valence-corrected chi connectivity index (χ4v) is 3.85. The van der Waals surface area contributed by atoms with Crippen molar-refractivity contribution in [1.82, 2.24) is 9.44 Å². The van der Waals surface area contributed by atoms with Gasteiger partial charge in [-0.3, -0.25) is 0 Å². The van der Waals surface area contributed by atoms with E-state index in [1.807, 2.05) is 6.92 Å². The van der Waals surface area contributed by atoms with Crippen LogP contribution in [0.25, 0.3) is 0 Å². The lowest BCUT2D eigenvalue weighted by Gasteiger charge is -2.07. The van der Waals surface area contributed by atoms with E-state index in [1.165, 1.54) is 77.0 Å². The third kappa shape index (κ3) is 19.9. The average molecular weight is 389 g/mol. The fourth-order valence-electron chi connectivity index (χ4n) is 2.87. The molecule has 0 unspecified atom stereocenters. The van der Waals surface area contributed by atoms with Crippen LogP contribution in [0.2, 0.25) is 0 Å². The van der Waals surface area contributed by atoms with Crippen molar-refractivity contribution in [3.8, 4) is 0 Å². The van der Waals surface area contributed by atoms with Gasteiger partial charge in [-0.2, -0.15) is 8.42 Å². The summed E-state index contributed by atoms with van der Waals surface area (Å²) >= 11 is 0. The maximum absolute atomic E-state index is 11.5. The van der Waals surface area contributed by atoms with Gasteiger partial charge in [-0.25, -0.2) is 9.44 Å². The van der Waals surface area contributed by atoms with E-state index in [4.69, 9.17) is 0 Å². The molecular weight excluding hydrogens is 344 g/mol. The molecule has 4 nitrogen and oxygen atoms in total. The molecule has 0 fully saturated rings. The molecule has 0 rings (SSSR count). The Morgan fingerprint density at radius 2 is 1.04 bits per heavy atom. The molecule has 0 aliphatic carbocycles. The summed E-state index contributed by atoms with van der Waals surface area (Å²) in [4.78, 5) is 0. The van der Waals surface area contributed by atoms with E-state index in [2.05, 4.69) is 28.5 Å². The predicted molar refractivity (Wildman–Crippen MR) is 115 cm³/mol. The molecule has 0 spiro atoms. The van der Waals surface area contributed by atoms with E-state index >= 15 is 0 Å². The van der Waals surface area contributed by atoms with Crippen LogP contribution in [0.4, 0.5) is 0 Å². The second-order valence-corrected chi connectivity index (χ2v) is 8.81. The summed E-state index contributed by atoms with van der Waals surface area (Å²) in [6, 6.07) is 0. The number of unbranched alkanes of at least 4 members (excludes halogenated alkanes) is 12. The Hall–Kier alpha value is -0.390. The zero-order valence-corrected chi connectivity index (χ0v) is 18.2. The second kappa shape index (κ2) is 19.4. The molecule has 0 aliphatic heterocycles. The molecule has 156 valence electrons. The van der Waals surface area contributed by atoms with Gasteiger partial charge < -0.3 is 0 Å². The highest BCUT2D eigenvalue weighted by atomic mass is 32.2. The minimum atomic E-state index is -3.27. The number of allylic oxidation sites excluding steroid dienone is 2. The lowest BCUT2D eigenvalue weighted by Crippen LogP contribution is -2.37. The van der Waals surface area contributed by atoms with Gasteiger partial charge in [0.1, 0.15) is 0 Å². The molecule has 0 saturated carbocycles. The van der Waals surface area contributed by atoms with E-state index in [1.54, 1.807) is 0 Å². The first-order valence-electron chi connectivity index (χ1n) is 11.0. The maximum Gasteiger partial charge on any atom is 0.276 e. The zero-order valence-electron chi connectivity index (χ0n) is 17.4. The Morgan fingerprint density at radius 3 is 1.58 bits per heavy atom. The molecule has 0 heterocycles. The first kappa shape index (κ1) is 25.6. The Balaban J connectivity index is 3.26. The Labute approximate surface area is 163 Å². The minimum absolute atomic E-state index is 0.502. The van der Waals surface area contributed by atoms with Crippen molar-refractivity contribution in [2.45, 2.75) is 110 Å². The van der Waals surface area contributed by atoms with Gasteiger partial charge in [-0.1, -0.05) is 83.8 Å². The Kier molecular flexibility index (Phi) is 19.1. The molecule has 0 aromatic heterocycles. The number of hydrogen-bond acceptors (Lipinski definition) is 2. The zero-order chi connectivity index (χ0) is 19.3. The molecule has 0 saturated heterocycles. The summed E-state index contributed by atoms with van der Waals surface area (Å²) in [5.41, 5.74) is 0. The molecule has 0 bridgehead atoms. The van der Waals surface area contributed by atoms with Gasteiger partial charge in [-0.05, 0) is 38.5 Å². The highest BCUT2D eigenvalue weighted by molar-refractivity contribution is 7.87. The molecule has 5 heteroatoms. The molecule has 2 N–H and O–H groups in total. The van der Waals surface area contributed by atoms with Gasteiger partial charge in [-0.15, -0.1) is 0 Å². The Morgan fingerprint density at radius 1 is 0.577 bits per heavy atom. The molecule has 0 atom stereocenters. The van der Waals surface area contributed by atoms with Crippen LogP contribution in [0, 0.1) is 0 Å². The average Bonchev–Trinajstić information content (AvgIpc) is 2.62. The lowest BCUT2D eigenvalue weighted by atomic mass is 10.1. The van der Waals surface area contributed by atoms with Crippen molar-refractivity contribution in [3.63, 3.8) is 0 Å². The van der Waals surface area contributed by atoms with E-state index in [0.29, 0.717) is 13.1 Å². The quantitative estimate of drug-likeness (QED) is 0.203. The maximum atomic E-state index is 11.5. The molecule has 0 aromatic rings. The SMILES string of the molecule is CCCCCCCCC/C=C\CCCCCCCNS(=O)(=O)NCCC. The summed E-state index contributed by atoms with van der Waals surface area (Å²) < 4.78 is 28.2. The summed E-state index contributed by atoms with van der Waals surface area (Å²) in [6.07, 6.45) is 23.3. The van der Waals surface area contributed by atoms with E-state index in [0.717, 1.165) is 19.3 Å². The number of nitrogens with one attached hydrogen (secondary N) is 2. The van der Waals surface area contributed by atoms with Crippen molar-refractivity contribution in [1.29, 1.82) is 0 Å². The normalized spacial score (nSPS) is 12.2. The largest absolute Gasteiger partial charge is 0.276 e. The smallest absolute Gasteiger partial charge is 0.202 e. The van der Waals surface area contributed by atoms with Crippen molar-refractivity contribution in [3.05, 3.63) is 12.2 Å². The van der Waals surface area contributed by atoms with E-state index < -0.39 is 10.2 Å². The summed E-state index contributed by atoms with van der Waals surface area (Å²) in [5, 5.41) is 0. The summed E-state index contributed by atoms with van der Waals surface area (Å²) in [6.45, 7) is 5.26. The first-order valence-corrected chi connectivity index (χ1v) is 12.5. The lowest BCUT2D eigenvalue weighted by molar-refractivity contribution is 0.556. The minimum Gasteiger partial charge on any atom is -0.202 e. The highest BCUT2D eigenvalue weighted by Gasteiger charge is 2.05. The molecule has 0 radical (unpaired) electrons. The number of rotatable bonds is 20. The van der Waals surface area contributed by atoms with Crippen LogP contribution in [-0.2, 0) is 10.2 Å². The number of hydrogen-bond donors (Lipinski definition) is 2. The topological polar surface area (TPSA) is 58.2 Å². The third-order valence-corrected chi connectivity index (χ3v) is 5.69. The Bertz CT molecular complexity index is 408. The van der Waals surface area contributed by atoms with Crippen molar-refractivity contribution in [2.24, 2.45) is 0 Å². The van der Waals surface area contributed by atoms with Crippen LogP contribution in [0.1, 0.15) is 110 Å². The standard InChI is InChI=1S/C21H44N2O2S/c1-3-5-6-7-8-9-10-11-12-13-14-15-16-17-18-19-21-23-26(24,25)22-20-4-2/h12-13,22-23H,3-11,14-21H2,1-2H3/b13-12-. The van der Waals surface area contributed by atoms with Crippen LogP contribution in [0.3, 0.4) is 0 Å². The monoisotopic (exact) mass is 388 g/mol. The van der Waals surface area contributed by atoms with Crippen LogP contribution in [0.15, 0.2) is 12.2 Å². The third-order valence-electron chi connectivity index (χ3n) is 4.52. The molecule has 0 aliphatic rings. The summed E-state index contributed by atoms with van der Waals surface area (Å²) in [5.74, 6) is 0. The van der Waals surface area contributed by atoms with Crippen LogP contribution >= 0.6 is 0 Å². The van der Waals surface area contributed by atoms with Gasteiger partial charge >= 0.3 is 0 Å². The van der Waals surface area contributed by atoms with Crippen molar-refractivity contribution >= 4 is 10.2 Å². The highest BCUT2D eigenvalue weighted by Crippen LogP contribution is 2.09. The van der Waals surface area contributed by atoms with Gasteiger partial charge in [0.15, 0.2) is 0 Å². The van der Waals surface area contributed by atoms with Crippen molar-refractivity contribution < 1.29 is 8.42 Å². The van der Waals surface area contributed by atoms with E-state index in [9.17, 15) is 8.42 Å². The molecule has 0 amide bonds. The fraction of sp³-hybridized carbons (Fsp3) is 0.905. The van der Waals surface area contributed by atoms with Gasteiger partial charge in [0.2, 0.25) is 0 Å². The molecular formula is C21H44N2O2S. The molecule has 26 heavy (non-hydrogen) atoms. The van der Waals surface area contributed by atoms with Crippen LogP contribution in [-0.4, -0.2) is 21.5 Å².